The van der Waals surface area contributed by atoms with Gasteiger partial charge in [0.25, 0.3) is 17.4 Å². The van der Waals surface area contributed by atoms with Crippen molar-refractivity contribution in [1.29, 1.82) is 0 Å². The molecule has 0 radical (unpaired) electrons. The first-order valence-corrected chi connectivity index (χ1v) is 12.9. The summed E-state index contributed by atoms with van der Waals surface area (Å²) in [5, 5.41) is 4.79. The molecule has 1 N–H and O–H groups in total. The van der Waals surface area contributed by atoms with Crippen molar-refractivity contribution in [3.63, 3.8) is 0 Å². The molecule has 4 aromatic carbocycles. The number of nitrogens with one attached hydrogen (secondary N) is 1. The van der Waals surface area contributed by atoms with Crippen molar-refractivity contribution >= 4 is 28.7 Å². The van der Waals surface area contributed by atoms with Crippen LogP contribution in [-0.2, 0) is 27.3 Å². The molecule has 4 aromatic rings. The smallest absolute Gasteiger partial charge is 0.418 e. The van der Waals surface area contributed by atoms with Gasteiger partial charge < -0.3 is 19.5 Å². The Morgan fingerprint density at radius 3 is 2.17 bits per heavy atom. The molecular formula is C32H30N2O6. The zero-order chi connectivity index (χ0) is 28.3. The van der Waals surface area contributed by atoms with Gasteiger partial charge in [0.05, 0.1) is 20.3 Å². The first kappa shape index (κ1) is 26.7. The number of amides is 3. The Hall–Kier alpha value is -4.85. The maximum Gasteiger partial charge on any atom is 0.418 e. The predicted molar refractivity (Wildman–Crippen MR) is 150 cm³/mol. The zero-order valence-corrected chi connectivity index (χ0v) is 22.5. The van der Waals surface area contributed by atoms with Gasteiger partial charge in [0.15, 0.2) is 0 Å². The topological polar surface area (TPSA) is 94.2 Å². The maximum atomic E-state index is 14.1. The summed E-state index contributed by atoms with van der Waals surface area (Å²) in [7, 11) is 3.07. The monoisotopic (exact) mass is 538 g/mol. The second kappa shape index (κ2) is 11.1. The molecule has 1 heterocycles. The van der Waals surface area contributed by atoms with Gasteiger partial charge in [-0.05, 0) is 46.5 Å². The lowest BCUT2D eigenvalue weighted by Crippen LogP contribution is -2.55. The van der Waals surface area contributed by atoms with E-state index in [4.69, 9.17) is 14.2 Å². The van der Waals surface area contributed by atoms with Crippen LogP contribution in [0, 0.1) is 0 Å². The average molecular weight is 539 g/mol. The molecule has 3 amide bonds. The molecule has 1 aliphatic heterocycles. The van der Waals surface area contributed by atoms with E-state index in [0.717, 1.165) is 21.2 Å². The summed E-state index contributed by atoms with van der Waals surface area (Å²) in [6.07, 6.45) is -0.978. The molecule has 1 fully saturated rings. The molecule has 0 saturated carbocycles. The van der Waals surface area contributed by atoms with Crippen molar-refractivity contribution < 1.29 is 28.6 Å². The van der Waals surface area contributed by atoms with E-state index in [2.05, 4.69) is 5.32 Å². The number of ether oxygens (including phenoxy) is 3. The standard InChI is InChI=1S/C32H30N2O6/c1-21(24-9-5-4-6-10-24)34-30(36)32(40-31(34)37,19-22-13-14-25-11-7-8-12-26(25)15-22)29(35)33-20-23-16-27(38-2)18-28(17-23)39-3/h4-18,21H,19-20H2,1-3H3,(H,33,35)/t21-,32-/m1/s1. The van der Waals surface area contributed by atoms with Crippen LogP contribution in [0.25, 0.3) is 10.8 Å². The van der Waals surface area contributed by atoms with Crippen molar-refractivity contribution in [3.8, 4) is 11.5 Å². The van der Waals surface area contributed by atoms with Crippen molar-refractivity contribution in [2.24, 2.45) is 0 Å². The molecular weight excluding hydrogens is 508 g/mol. The number of cyclic esters (lactones) is 1. The highest BCUT2D eigenvalue weighted by molar-refractivity contribution is 6.17. The number of hydrogen-bond donors (Lipinski definition) is 1. The number of fused-ring (bicyclic) bond motifs is 1. The third-order valence-corrected chi connectivity index (χ3v) is 7.19. The third-order valence-electron chi connectivity index (χ3n) is 7.19. The summed E-state index contributed by atoms with van der Waals surface area (Å²) in [6.45, 7) is 1.80. The summed E-state index contributed by atoms with van der Waals surface area (Å²) >= 11 is 0. The minimum Gasteiger partial charge on any atom is -0.497 e. The number of hydrogen-bond acceptors (Lipinski definition) is 6. The third kappa shape index (κ3) is 5.08. The number of methoxy groups -OCH3 is 2. The quantitative estimate of drug-likeness (QED) is 0.295. The van der Waals surface area contributed by atoms with Crippen LogP contribution >= 0.6 is 0 Å². The van der Waals surface area contributed by atoms with Crippen molar-refractivity contribution in [1.82, 2.24) is 10.2 Å². The molecule has 1 aliphatic rings. The Balaban J connectivity index is 1.49. The second-order valence-corrected chi connectivity index (χ2v) is 9.72. The maximum absolute atomic E-state index is 14.1. The van der Waals surface area contributed by atoms with E-state index in [1.807, 2.05) is 72.8 Å². The lowest BCUT2D eigenvalue weighted by atomic mass is 9.90. The fraction of sp³-hybridized carbons (Fsp3) is 0.219. The number of nitrogens with zero attached hydrogens (tertiary/aromatic N) is 1. The van der Waals surface area contributed by atoms with Crippen LogP contribution in [0.2, 0.25) is 0 Å². The minimum atomic E-state index is -2.08. The van der Waals surface area contributed by atoms with Gasteiger partial charge in [-0.25, -0.2) is 9.69 Å². The largest absolute Gasteiger partial charge is 0.497 e. The van der Waals surface area contributed by atoms with E-state index in [1.165, 1.54) is 14.2 Å². The Morgan fingerprint density at radius 2 is 1.50 bits per heavy atom. The molecule has 8 nitrogen and oxygen atoms in total. The van der Waals surface area contributed by atoms with E-state index in [9.17, 15) is 14.4 Å². The molecule has 5 rings (SSSR count). The van der Waals surface area contributed by atoms with Gasteiger partial charge in [-0.1, -0.05) is 72.8 Å². The second-order valence-electron chi connectivity index (χ2n) is 9.72. The van der Waals surface area contributed by atoms with Gasteiger partial charge in [0.2, 0.25) is 0 Å². The van der Waals surface area contributed by atoms with E-state index in [1.54, 1.807) is 25.1 Å². The first-order valence-electron chi connectivity index (χ1n) is 12.9. The van der Waals surface area contributed by atoms with E-state index in [-0.39, 0.29) is 13.0 Å². The van der Waals surface area contributed by atoms with Gasteiger partial charge in [-0.15, -0.1) is 0 Å². The van der Waals surface area contributed by atoms with Crippen molar-refractivity contribution in [3.05, 3.63) is 108 Å². The van der Waals surface area contributed by atoms with Gasteiger partial charge in [0.1, 0.15) is 11.5 Å². The van der Waals surface area contributed by atoms with Crippen LogP contribution in [0.3, 0.4) is 0 Å². The number of carbonyl (C=O) groups excluding carboxylic acids is 3. The fourth-order valence-electron chi connectivity index (χ4n) is 5.00. The first-order chi connectivity index (χ1) is 19.3. The van der Waals surface area contributed by atoms with Crippen molar-refractivity contribution in [2.75, 3.05) is 14.2 Å². The molecule has 40 heavy (non-hydrogen) atoms. The van der Waals surface area contributed by atoms with Gasteiger partial charge in [-0.2, -0.15) is 0 Å². The Bertz CT molecular complexity index is 1550. The van der Waals surface area contributed by atoms with Crippen LogP contribution in [0.1, 0.15) is 29.7 Å². The van der Waals surface area contributed by atoms with E-state index in [0.29, 0.717) is 22.6 Å². The molecule has 0 bridgehead atoms. The summed E-state index contributed by atoms with van der Waals surface area (Å²) in [4.78, 5) is 42.2. The summed E-state index contributed by atoms with van der Waals surface area (Å²) < 4.78 is 16.4. The number of rotatable bonds is 9. The molecule has 8 heteroatoms. The summed E-state index contributed by atoms with van der Waals surface area (Å²) in [6, 6.07) is 27.2. The molecule has 204 valence electrons. The van der Waals surface area contributed by atoms with Crippen LogP contribution in [-0.4, -0.2) is 42.6 Å². The van der Waals surface area contributed by atoms with Crippen LogP contribution < -0.4 is 14.8 Å². The van der Waals surface area contributed by atoms with E-state index < -0.39 is 29.6 Å². The van der Waals surface area contributed by atoms with Gasteiger partial charge >= 0.3 is 6.09 Å². The minimum absolute atomic E-state index is 0.0604. The number of imide groups is 1. The molecule has 1 saturated heterocycles. The SMILES string of the molecule is COc1cc(CNC(=O)[C@@]2(Cc3ccc4ccccc4c3)OC(=O)N([C@H](C)c3ccccc3)C2=O)cc(OC)c1. The lowest BCUT2D eigenvalue weighted by Gasteiger charge is -2.26. The predicted octanol–water partition coefficient (Wildman–Crippen LogP) is 5.19. The number of benzene rings is 4. The Labute approximate surface area is 232 Å². The molecule has 2 atom stereocenters. The highest BCUT2D eigenvalue weighted by Gasteiger charge is 2.60. The molecule has 0 unspecified atom stereocenters. The molecule has 0 aromatic heterocycles. The number of carbonyl (C=O) groups is 3. The lowest BCUT2D eigenvalue weighted by molar-refractivity contribution is -0.150. The fourth-order valence-corrected chi connectivity index (χ4v) is 5.00. The zero-order valence-electron chi connectivity index (χ0n) is 22.5. The van der Waals surface area contributed by atoms with Gasteiger partial charge in [0, 0.05) is 19.0 Å². The van der Waals surface area contributed by atoms with Crippen molar-refractivity contribution in [2.45, 2.75) is 31.5 Å². The average Bonchev–Trinajstić information content (AvgIpc) is 3.24. The summed E-state index contributed by atoms with van der Waals surface area (Å²) in [5.41, 5.74) is 0.0491. The summed E-state index contributed by atoms with van der Waals surface area (Å²) in [5.74, 6) is -0.298. The molecule has 0 spiro atoms. The Morgan fingerprint density at radius 1 is 0.850 bits per heavy atom. The highest BCUT2D eigenvalue weighted by Crippen LogP contribution is 2.35. The van der Waals surface area contributed by atoms with Crippen LogP contribution in [0.5, 0.6) is 11.5 Å². The van der Waals surface area contributed by atoms with Crippen LogP contribution in [0.15, 0.2) is 91.0 Å². The van der Waals surface area contributed by atoms with Crippen LogP contribution in [0.4, 0.5) is 4.79 Å². The normalized spacial score (nSPS) is 17.4. The van der Waals surface area contributed by atoms with Gasteiger partial charge in [-0.3, -0.25) is 9.59 Å². The highest BCUT2D eigenvalue weighted by atomic mass is 16.6. The molecule has 0 aliphatic carbocycles. The van der Waals surface area contributed by atoms with E-state index >= 15 is 0 Å². The Kier molecular flexibility index (Phi) is 7.42.